The Labute approximate surface area is 122 Å². The summed E-state index contributed by atoms with van der Waals surface area (Å²) in [6, 6.07) is 6.67. The second-order valence-corrected chi connectivity index (χ2v) is 3.83. The van der Waals surface area contributed by atoms with Crippen molar-refractivity contribution < 1.29 is 30.3 Å². The van der Waals surface area contributed by atoms with Gasteiger partial charge in [-0.2, -0.15) is 0 Å². The molecule has 4 N–H and O–H groups in total. The van der Waals surface area contributed by atoms with Gasteiger partial charge in [0.1, 0.15) is 5.75 Å². The summed E-state index contributed by atoms with van der Waals surface area (Å²) >= 11 is 0. The third-order valence-corrected chi connectivity index (χ3v) is 2.33. The van der Waals surface area contributed by atoms with Crippen LogP contribution in [0.15, 0.2) is 36.4 Å². The molecule has 0 aliphatic heterocycles. The summed E-state index contributed by atoms with van der Waals surface area (Å²) in [5.41, 5.74) is -1.07. The van der Waals surface area contributed by atoms with E-state index < -0.39 is 38.5 Å². The van der Waals surface area contributed by atoms with E-state index in [0.29, 0.717) is 0 Å². The highest BCUT2D eigenvalue weighted by atomic mass is 16.6. The van der Waals surface area contributed by atoms with Crippen LogP contribution in [0.25, 0.3) is 0 Å². The Bertz CT molecular complexity index is 696. The van der Waals surface area contributed by atoms with Crippen molar-refractivity contribution in [1.82, 2.24) is 0 Å². The monoisotopic (exact) mass is 310 g/mol. The molecule has 0 aliphatic carbocycles. The van der Waals surface area contributed by atoms with Crippen molar-refractivity contribution in [2.24, 2.45) is 0 Å². The van der Waals surface area contributed by atoms with E-state index in [1.807, 2.05) is 0 Å². The summed E-state index contributed by atoms with van der Waals surface area (Å²) in [4.78, 5) is 18.7. The van der Waals surface area contributed by atoms with Crippen LogP contribution in [0.4, 0.5) is 11.4 Å². The van der Waals surface area contributed by atoms with Crippen molar-refractivity contribution in [1.29, 1.82) is 0 Å². The lowest BCUT2D eigenvalue weighted by molar-refractivity contribution is -0.386. The van der Waals surface area contributed by atoms with Crippen molar-refractivity contribution in [3.05, 3.63) is 56.6 Å². The van der Waals surface area contributed by atoms with Gasteiger partial charge in [-0.3, -0.25) is 20.2 Å². The van der Waals surface area contributed by atoms with Crippen LogP contribution in [-0.4, -0.2) is 30.3 Å². The Morgan fingerprint density at radius 3 is 1.68 bits per heavy atom. The number of hydrogen-bond donors (Lipinski definition) is 4. The zero-order valence-electron chi connectivity index (χ0n) is 10.8. The van der Waals surface area contributed by atoms with Gasteiger partial charge in [0.25, 0.3) is 0 Å². The van der Waals surface area contributed by atoms with Gasteiger partial charge in [-0.05, 0) is 18.2 Å². The SMILES string of the molecule is O=[N+]([O-])c1c(O)cccc1O.O=[N+]([O-])c1ccc(O)cc1O. The van der Waals surface area contributed by atoms with E-state index in [9.17, 15) is 20.2 Å². The number of phenolic OH excluding ortho intramolecular Hbond substituents is 4. The fraction of sp³-hybridized carbons (Fsp3) is 0. The van der Waals surface area contributed by atoms with Gasteiger partial charge in [-0.15, -0.1) is 0 Å². The molecule has 2 aromatic rings. The van der Waals surface area contributed by atoms with Gasteiger partial charge in [0.05, 0.1) is 9.85 Å². The molecule has 0 saturated heterocycles. The molecular weight excluding hydrogens is 300 g/mol. The normalized spacial score (nSPS) is 9.45. The molecule has 0 atom stereocenters. The predicted octanol–water partition coefficient (Wildman–Crippen LogP) is 2.01. The highest BCUT2D eigenvalue weighted by Crippen LogP contribution is 2.33. The molecule has 116 valence electrons. The summed E-state index contributed by atoms with van der Waals surface area (Å²) in [5, 5.41) is 55.5. The Balaban J connectivity index is 0.000000220. The molecule has 0 bridgehead atoms. The van der Waals surface area contributed by atoms with Crippen molar-refractivity contribution in [3.8, 4) is 23.0 Å². The third-order valence-electron chi connectivity index (χ3n) is 2.33. The van der Waals surface area contributed by atoms with Crippen LogP contribution < -0.4 is 0 Å². The lowest BCUT2D eigenvalue weighted by atomic mass is 10.3. The average molecular weight is 310 g/mol. The number of phenols is 4. The molecule has 0 radical (unpaired) electrons. The topological polar surface area (TPSA) is 167 Å². The van der Waals surface area contributed by atoms with Gasteiger partial charge in [0.2, 0.25) is 0 Å². The number of nitrogens with zero attached hydrogens (tertiary/aromatic N) is 2. The van der Waals surface area contributed by atoms with E-state index in [0.717, 1.165) is 30.3 Å². The molecule has 2 rings (SSSR count). The Morgan fingerprint density at radius 2 is 1.32 bits per heavy atom. The fourth-order valence-electron chi connectivity index (χ4n) is 1.37. The largest absolute Gasteiger partial charge is 0.508 e. The van der Waals surface area contributed by atoms with Crippen molar-refractivity contribution >= 4 is 11.4 Å². The van der Waals surface area contributed by atoms with Crippen LogP contribution >= 0.6 is 0 Å². The molecule has 22 heavy (non-hydrogen) atoms. The number of nitro benzene ring substituents is 2. The summed E-state index contributed by atoms with van der Waals surface area (Å²) in [5.74, 6) is -1.80. The van der Waals surface area contributed by atoms with E-state index in [1.54, 1.807) is 0 Å². The molecule has 2 aromatic carbocycles. The van der Waals surface area contributed by atoms with Gasteiger partial charge in [-0.1, -0.05) is 6.07 Å². The number of nitro groups is 2. The van der Waals surface area contributed by atoms with Gasteiger partial charge < -0.3 is 20.4 Å². The summed E-state index contributed by atoms with van der Waals surface area (Å²) in [6.45, 7) is 0. The van der Waals surface area contributed by atoms with E-state index >= 15 is 0 Å². The lowest BCUT2D eigenvalue weighted by Crippen LogP contribution is -1.88. The Hall–Kier alpha value is -3.56. The fourth-order valence-corrected chi connectivity index (χ4v) is 1.37. The van der Waals surface area contributed by atoms with Gasteiger partial charge in [-0.25, -0.2) is 0 Å². The predicted molar refractivity (Wildman–Crippen MR) is 72.9 cm³/mol. The molecule has 10 nitrogen and oxygen atoms in total. The quantitative estimate of drug-likeness (QED) is 0.482. The highest BCUT2D eigenvalue weighted by molar-refractivity contribution is 5.55. The van der Waals surface area contributed by atoms with E-state index in [-0.39, 0.29) is 5.75 Å². The zero-order valence-corrected chi connectivity index (χ0v) is 10.8. The first-order chi connectivity index (χ1) is 10.2. The summed E-state index contributed by atoms with van der Waals surface area (Å²) in [7, 11) is 0. The van der Waals surface area contributed by atoms with Crippen LogP contribution in [0.5, 0.6) is 23.0 Å². The first kappa shape index (κ1) is 16.5. The smallest absolute Gasteiger partial charge is 0.351 e. The molecule has 0 aliphatic rings. The molecule has 0 saturated carbocycles. The zero-order chi connectivity index (χ0) is 16.9. The van der Waals surface area contributed by atoms with E-state index in [4.69, 9.17) is 20.4 Å². The van der Waals surface area contributed by atoms with Crippen molar-refractivity contribution in [2.45, 2.75) is 0 Å². The van der Waals surface area contributed by atoms with Crippen LogP contribution in [0.2, 0.25) is 0 Å². The third kappa shape index (κ3) is 3.96. The van der Waals surface area contributed by atoms with Gasteiger partial charge in [0, 0.05) is 12.1 Å². The van der Waals surface area contributed by atoms with Gasteiger partial charge in [0.15, 0.2) is 17.2 Å². The minimum Gasteiger partial charge on any atom is -0.508 e. The second kappa shape index (κ2) is 6.74. The maximum atomic E-state index is 10.1. The number of rotatable bonds is 2. The standard InChI is InChI=1S/2C6H5NO4/c8-4-1-2-5(7(10)11)6(9)3-4;8-4-2-1-3-5(9)6(4)7(10)11/h2*1-3,8-9H. The summed E-state index contributed by atoms with van der Waals surface area (Å²) < 4.78 is 0. The van der Waals surface area contributed by atoms with Crippen molar-refractivity contribution in [2.75, 3.05) is 0 Å². The minimum absolute atomic E-state index is 0.201. The van der Waals surface area contributed by atoms with E-state index in [1.165, 1.54) is 6.07 Å². The number of para-hydroxylation sites is 1. The second-order valence-electron chi connectivity index (χ2n) is 3.83. The lowest BCUT2D eigenvalue weighted by Gasteiger charge is -1.95. The van der Waals surface area contributed by atoms with Crippen molar-refractivity contribution in [3.63, 3.8) is 0 Å². The van der Waals surface area contributed by atoms with Gasteiger partial charge >= 0.3 is 11.4 Å². The minimum atomic E-state index is -0.843. The Kier molecular flexibility index (Phi) is 5.06. The van der Waals surface area contributed by atoms with Crippen LogP contribution in [-0.2, 0) is 0 Å². The molecule has 0 amide bonds. The first-order valence-corrected chi connectivity index (χ1v) is 5.55. The molecule has 10 heteroatoms. The molecule has 0 fully saturated rings. The first-order valence-electron chi connectivity index (χ1n) is 5.55. The molecule has 0 unspecified atom stereocenters. The average Bonchev–Trinajstić information content (AvgIpc) is 2.38. The maximum Gasteiger partial charge on any atom is 0.351 e. The molecule has 0 spiro atoms. The number of hydrogen-bond acceptors (Lipinski definition) is 8. The van der Waals surface area contributed by atoms with Crippen LogP contribution in [0.3, 0.4) is 0 Å². The molecular formula is C12H10N2O8. The molecule has 0 heterocycles. The highest BCUT2D eigenvalue weighted by Gasteiger charge is 2.17. The number of aromatic hydroxyl groups is 4. The maximum absolute atomic E-state index is 10.1. The number of benzene rings is 2. The Morgan fingerprint density at radius 1 is 0.773 bits per heavy atom. The summed E-state index contributed by atoms with van der Waals surface area (Å²) in [6.07, 6.45) is 0. The van der Waals surface area contributed by atoms with Crippen LogP contribution in [0, 0.1) is 20.2 Å². The van der Waals surface area contributed by atoms with E-state index in [2.05, 4.69) is 0 Å². The van der Waals surface area contributed by atoms with Crippen LogP contribution in [0.1, 0.15) is 0 Å². The molecule has 0 aromatic heterocycles.